The molecule has 2 aromatic heterocycles. The molecule has 6 nitrogen and oxygen atoms in total. The number of aromatic nitrogens is 4. The van der Waals surface area contributed by atoms with Gasteiger partial charge in [-0.25, -0.2) is 4.98 Å². The van der Waals surface area contributed by atoms with Crippen LogP contribution in [-0.2, 0) is 0 Å². The molecule has 76 valence electrons. The van der Waals surface area contributed by atoms with Gasteiger partial charge in [0.25, 0.3) is 0 Å². The standard InChI is InChI=1S/C9H8N4O2.Li/c1-6-5-10-13(12-6)8-4-2-3-7(11-8)9(14)15;/h2-5H,1H3,(H,14,15);/q;+1/p-1. The number of carboxylic acids is 1. The molecule has 0 fully saturated rings. The van der Waals surface area contributed by atoms with Gasteiger partial charge < -0.3 is 9.90 Å². The average molecular weight is 210 g/mol. The minimum atomic E-state index is -1.32. The van der Waals surface area contributed by atoms with Crippen LogP contribution >= 0.6 is 0 Å². The first-order valence-electron chi connectivity index (χ1n) is 4.24. The number of carbonyl (C=O) groups is 1. The summed E-state index contributed by atoms with van der Waals surface area (Å²) in [6, 6.07) is 4.53. The molecule has 0 aliphatic heterocycles. The fraction of sp³-hybridized carbons (Fsp3) is 0.111. The monoisotopic (exact) mass is 210 g/mol. The number of hydrogen-bond acceptors (Lipinski definition) is 5. The maximum absolute atomic E-state index is 10.6. The van der Waals surface area contributed by atoms with Gasteiger partial charge in [-0.3, -0.25) is 0 Å². The molecule has 7 heteroatoms. The predicted octanol–water partition coefficient (Wildman–Crippen LogP) is -3.66. The molecule has 0 N–H and O–H groups in total. The van der Waals surface area contributed by atoms with E-state index in [4.69, 9.17) is 0 Å². The Balaban J connectivity index is 0.00000128. The smallest absolute Gasteiger partial charge is 0.543 e. The number of pyridine rings is 1. The van der Waals surface area contributed by atoms with Crippen LogP contribution in [0, 0.1) is 6.92 Å². The zero-order chi connectivity index (χ0) is 10.8. The zero-order valence-electron chi connectivity index (χ0n) is 8.91. The quantitative estimate of drug-likeness (QED) is 0.477. The molecule has 0 aliphatic carbocycles. The third kappa shape index (κ3) is 2.48. The molecule has 0 spiro atoms. The van der Waals surface area contributed by atoms with E-state index in [0.717, 1.165) is 5.69 Å². The van der Waals surface area contributed by atoms with Crippen LogP contribution in [0.4, 0.5) is 0 Å². The van der Waals surface area contributed by atoms with Crippen molar-refractivity contribution in [1.29, 1.82) is 0 Å². The van der Waals surface area contributed by atoms with E-state index in [2.05, 4.69) is 15.2 Å². The summed E-state index contributed by atoms with van der Waals surface area (Å²) < 4.78 is 0. The molecule has 2 rings (SSSR count). The Morgan fingerprint density at radius 2 is 2.19 bits per heavy atom. The Bertz CT molecular complexity index is 512. The molecule has 0 unspecified atom stereocenters. The van der Waals surface area contributed by atoms with Crippen molar-refractivity contribution in [3.8, 4) is 5.82 Å². The van der Waals surface area contributed by atoms with E-state index in [1.807, 2.05) is 0 Å². The normalized spacial score (nSPS) is 9.56. The summed E-state index contributed by atoms with van der Waals surface area (Å²) in [5, 5.41) is 18.5. The van der Waals surface area contributed by atoms with E-state index >= 15 is 0 Å². The van der Waals surface area contributed by atoms with Gasteiger partial charge in [-0.1, -0.05) is 6.07 Å². The maximum Gasteiger partial charge on any atom is 1.00 e. The van der Waals surface area contributed by atoms with E-state index in [-0.39, 0.29) is 24.6 Å². The molecular formula is C9H7LiN4O2. The first kappa shape index (κ1) is 12.4. The molecule has 0 aromatic carbocycles. The summed E-state index contributed by atoms with van der Waals surface area (Å²) in [6.07, 6.45) is 1.56. The second kappa shape index (κ2) is 4.92. The fourth-order valence-corrected chi connectivity index (χ4v) is 1.10. The van der Waals surface area contributed by atoms with E-state index < -0.39 is 5.97 Å². The minimum absolute atomic E-state index is 0. The zero-order valence-corrected chi connectivity index (χ0v) is 8.91. The number of aromatic carboxylic acids is 1. The van der Waals surface area contributed by atoms with Gasteiger partial charge in [0.1, 0.15) is 0 Å². The number of hydrogen-bond donors (Lipinski definition) is 0. The summed E-state index contributed by atoms with van der Waals surface area (Å²) in [6.45, 7) is 1.78. The molecule has 0 saturated carbocycles. The Labute approximate surface area is 103 Å². The van der Waals surface area contributed by atoms with E-state index in [0.29, 0.717) is 5.82 Å². The van der Waals surface area contributed by atoms with Crippen LogP contribution in [0.25, 0.3) is 5.82 Å². The predicted molar refractivity (Wildman–Crippen MR) is 48.2 cm³/mol. The van der Waals surface area contributed by atoms with Crippen LogP contribution in [0.1, 0.15) is 16.2 Å². The van der Waals surface area contributed by atoms with Gasteiger partial charge in [-0.2, -0.15) is 10.2 Å². The molecule has 0 bridgehead atoms. The molecule has 16 heavy (non-hydrogen) atoms. The van der Waals surface area contributed by atoms with Crippen LogP contribution in [0.2, 0.25) is 0 Å². The number of carbonyl (C=O) groups excluding carboxylic acids is 1. The molecular weight excluding hydrogens is 203 g/mol. The number of aryl methyl sites for hydroxylation is 1. The van der Waals surface area contributed by atoms with Crippen molar-refractivity contribution in [2.45, 2.75) is 6.92 Å². The summed E-state index contributed by atoms with van der Waals surface area (Å²) in [4.78, 5) is 15.7. The maximum atomic E-state index is 10.6. The molecule has 2 aromatic rings. The number of carboxylic acid groups (broad SMARTS) is 1. The molecule has 0 radical (unpaired) electrons. The first-order valence-corrected chi connectivity index (χ1v) is 4.24. The van der Waals surface area contributed by atoms with Crippen LogP contribution < -0.4 is 24.0 Å². The van der Waals surface area contributed by atoms with Crippen molar-refractivity contribution in [3.05, 3.63) is 35.8 Å². The van der Waals surface area contributed by atoms with Gasteiger partial charge in [-0.15, -0.1) is 4.80 Å². The SMILES string of the molecule is Cc1cnn(-c2cccc(C(=O)[O-])n2)n1.[Li+]. The van der Waals surface area contributed by atoms with E-state index in [9.17, 15) is 9.90 Å². The second-order valence-corrected chi connectivity index (χ2v) is 2.94. The molecule has 0 saturated heterocycles. The number of rotatable bonds is 2. The van der Waals surface area contributed by atoms with Gasteiger partial charge in [0.05, 0.1) is 23.6 Å². The average Bonchev–Trinajstić information content (AvgIpc) is 2.65. The summed E-state index contributed by atoms with van der Waals surface area (Å²) in [5.74, 6) is -0.967. The Hall–Kier alpha value is -1.64. The van der Waals surface area contributed by atoms with Crippen molar-refractivity contribution in [3.63, 3.8) is 0 Å². The molecule has 0 amide bonds. The third-order valence-electron chi connectivity index (χ3n) is 1.75. The van der Waals surface area contributed by atoms with Crippen LogP contribution in [-0.4, -0.2) is 25.9 Å². The van der Waals surface area contributed by atoms with Gasteiger partial charge in [-0.05, 0) is 19.1 Å². The molecule has 0 atom stereocenters. The molecule has 0 aliphatic rings. The van der Waals surface area contributed by atoms with Crippen LogP contribution in [0.15, 0.2) is 24.4 Å². The Morgan fingerprint density at radius 3 is 2.75 bits per heavy atom. The van der Waals surface area contributed by atoms with Crippen molar-refractivity contribution < 1.29 is 28.8 Å². The summed E-state index contributed by atoms with van der Waals surface area (Å²) in [5.41, 5.74) is 0.595. The van der Waals surface area contributed by atoms with Crippen LogP contribution in [0.3, 0.4) is 0 Å². The van der Waals surface area contributed by atoms with Crippen molar-refractivity contribution in [2.24, 2.45) is 0 Å². The first-order chi connectivity index (χ1) is 7.16. The van der Waals surface area contributed by atoms with E-state index in [1.165, 1.54) is 10.9 Å². The molecule has 2 heterocycles. The Morgan fingerprint density at radius 1 is 1.44 bits per heavy atom. The van der Waals surface area contributed by atoms with Crippen molar-refractivity contribution in [2.75, 3.05) is 0 Å². The Kier molecular flexibility index (Phi) is 3.82. The van der Waals surface area contributed by atoms with Crippen LogP contribution in [0.5, 0.6) is 0 Å². The minimum Gasteiger partial charge on any atom is -0.543 e. The van der Waals surface area contributed by atoms with E-state index in [1.54, 1.807) is 25.3 Å². The van der Waals surface area contributed by atoms with Gasteiger partial charge in [0.2, 0.25) is 0 Å². The topological polar surface area (TPSA) is 83.7 Å². The van der Waals surface area contributed by atoms with Gasteiger partial charge in [0.15, 0.2) is 5.82 Å². The van der Waals surface area contributed by atoms with Crippen molar-refractivity contribution >= 4 is 5.97 Å². The largest absolute Gasteiger partial charge is 1.00 e. The summed E-state index contributed by atoms with van der Waals surface area (Å²) >= 11 is 0. The van der Waals surface area contributed by atoms with Gasteiger partial charge >= 0.3 is 18.9 Å². The second-order valence-electron chi connectivity index (χ2n) is 2.94. The fourth-order valence-electron chi connectivity index (χ4n) is 1.10. The van der Waals surface area contributed by atoms with Gasteiger partial charge in [0, 0.05) is 0 Å². The number of nitrogens with zero attached hydrogens (tertiary/aromatic N) is 4. The summed E-state index contributed by atoms with van der Waals surface area (Å²) in [7, 11) is 0. The third-order valence-corrected chi connectivity index (χ3v) is 1.75. The van der Waals surface area contributed by atoms with Crippen molar-refractivity contribution in [1.82, 2.24) is 20.0 Å².